The second-order valence-electron chi connectivity index (χ2n) is 1.70. The van der Waals surface area contributed by atoms with Crippen LogP contribution < -0.4 is 0 Å². The van der Waals surface area contributed by atoms with Crippen molar-refractivity contribution in [2.24, 2.45) is 0 Å². The summed E-state index contributed by atoms with van der Waals surface area (Å²) in [6, 6.07) is 0. The molecule has 1 heterocycles. The van der Waals surface area contributed by atoms with E-state index in [9.17, 15) is 8.78 Å². The van der Waals surface area contributed by atoms with Gasteiger partial charge in [0, 0.05) is 0 Å². The molecule has 8 heteroatoms. The Morgan fingerprint density at radius 2 is 1.09 bits per heavy atom. The van der Waals surface area contributed by atoms with Crippen LogP contribution in [0.25, 0.3) is 0 Å². The van der Waals surface area contributed by atoms with Crippen molar-refractivity contribution in [2.75, 3.05) is 0 Å². The van der Waals surface area contributed by atoms with E-state index in [0.717, 1.165) is 0 Å². The molecule has 1 aliphatic heterocycles. The minimum Gasteiger partial charge on any atom is -0.253 e. The normalized spacial score (nSPS) is 32.2. The minimum absolute atomic E-state index is 2.47. The van der Waals surface area contributed by atoms with E-state index < -0.39 is 15.3 Å². The van der Waals surface area contributed by atoms with Crippen LogP contribution in [0.15, 0.2) is 0 Å². The van der Waals surface area contributed by atoms with E-state index in [-0.39, 0.29) is 0 Å². The highest BCUT2D eigenvalue weighted by Gasteiger charge is 2.67. The van der Waals surface area contributed by atoms with Crippen molar-refractivity contribution in [3.8, 4) is 0 Å². The molecule has 1 aliphatic rings. The summed E-state index contributed by atoms with van der Waals surface area (Å²) in [5, 5.41) is 0. The van der Waals surface area contributed by atoms with Crippen LogP contribution in [-0.2, 0) is 9.47 Å². The van der Waals surface area contributed by atoms with E-state index in [1.54, 1.807) is 0 Å². The third-order valence-corrected chi connectivity index (χ3v) is 2.59. The molecular weight excluding hydrogens is 248 g/mol. The van der Waals surface area contributed by atoms with Crippen LogP contribution in [-0.4, -0.2) is 15.3 Å². The van der Waals surface area contributed by atoms with Gasteiger partial charge in [0.25, 0.3) is 9.04 Å². The predicted octanol–water partition coefficient (Wildman–Crippen LogP) is 2.85. The van der Waals surface area contributed by atoms with Gasteiger partial charge in [-0.25, -0.2) is 0 Å². The van der Waals surface area contributed by atoms with Crippen LogP contribution in [0.5, 0.6) is 0 Å². The van der Waals surface area contributed by atoms with E-state index in [1.165, 1.54) is 0 Å². The molecule has 0 amide bonds. The van der Waals surface area contributed by atoms with Crippen LogP contribution in [0.4, 0.5) is 8.78 Å². The highest BCUT2D eigenvalue weighted by Crippen LogP contribution is 2.55. The zero-order valence-electron chi connectivity index (χ0n) is 4.58. The summed E-state index contributed by atoms with van der Waals surface area (Å²) < 4.78 is 26.7. The van der Waals surface area contributed by atoms with Crippen molar-refractivity contribution < 1.29 is 18.3 Å². The number of hydrogen-bond donors (Lipinski definition) is 0. The van der Waals surface area contributed by atoms with Crippen LogP contribution in [0, 0.1) is 0 Å². The number of ether oxygens (including phenoxy) is 2. The highest BCUT2D eigenvalue weighted by atomic mass is 35.5. The molecule has 0 saturated carbocycles. The molecular formula is C3Cl4F2O2. The number of halogens is 6. The third-order valence-electron chi connectivity index (χ3n) is 0.833. The lowest BCUT2D eigenvalue weighted by Gasteiger charge is -2.18. The molecule has 1 fully saturated rings. The Morgan fingerprint density at radius 3 is 1.18 bits per heavy atom. The fourth-order valence-corrected chi connectivity index (χ4v) is 0.952. The molecule has 2 nitrogen and oxygen atoms in total. The maximum Gasteiger partial charge on any atom is 0.491 e. The van der Waals surface area contributed by atoms with Gasteiger partial charge >= 0.3 is 6.29 Å². The van der Waals surface area contributed by atoms with Gasteiger partial charge in [0.05, 0.1) is 0 Å². The number of rotatable bonds is 0. The first-order valence-electron chi connectivity index (χ1n) is 2.20. The summed E-state index contributed by atoms with van der Waals surface area (Å²) in [4.78, 5) is 0. The van der Waals surface area contributed by atoms with Gasteiger partial charge in [-0.15, -0.1) is 8.78 Å². The predicted molar refractivity (Wildman–Crippen MR) is 36.0 cm³/mol. The zero-order valence-corrected chi connectivity index (χ0v) is 7.61. The van der Waals surface area contributed by atoms with E-state index in [2.05, 4.69) is 9.47 Å². The average molecular weight is 248 g/mol. The molecule has 1 rings (SSSR count). The molecule has 0 bridgehead atoms. The molecule has 0 aliphatic carbocycles. The Morgan fingerprint density at radius 1 is 0.818 bits per heavy atom. The smallest absolute Gasteiger partial charge is 0.253 e. The van der Waals surface area contributed by atoms with Gasteiger partial charge in [0.1, 0.15) is 0 Å². The first-order chi connectivity index (χ1) is 4.66. The number of hydrogen-bond acceptors (Lipinski definition) is 2. The lowest BCUT2D eigenvalue weighted by Crippen LogP contribution is -2.31. The fraction of sp³-hybridized carbons (Fsp3) is 1.00. The van der Waals surface area contributed by atoms with Gasteiger partial charge in [-0.1, -0.05) is 46.4 Å². The van der Waals surface area contributed by atoms with Crippen molar-refractivity contribution >= 4 is 46.4 Å². The first-order valence-corrected chi connectivity index (χ1v) is 3.71. The van der Waals surface area contributed by atoms with E-state index >= 15 is 0 Å². The maximum absolute atomic E-state index is 12.2. The van der Waals surface area contributed by atoms with Crippen LogP contribution >= 0.6 is 46.4 Å². The lowest BCUT2D eigenvalue weighted by molar-refractivity contribution is -0.349. The molecule has 0 aromatic carbocycles. The zero-order chi connectivity index (χ0) is 8.91. The SMILES string of the molecule is FC1(F)OC(Cl)(Cl)C(Cl)(Cl)O1. The van der Waals surface area contributed by atoms with E-state index in [0.29, 0.717) is 0 Å². The lowest BCUT2D eigenvalue weighted by atomic mass is 10.7. The first kappa shape index (κ1) is 10.0. The summed E-state index contributed by atoms with van der Waals surface area (Å²) in [6.07, 6.45) is -3.97. The van der Waals surface area contributed by atoms with E-state index in [4.69, 9.17) is 46.4 Å². The van der Waals surface area contributed by atoms with Gasteiger partial charge in [0.2, 0.25) is 0 Å². The molecule has 0 aromatic heterocycles. The van der Waals surface area contributed by atoms with Crippen molar-refractivity contribution in [1.82, 2.24) is 0 Å². The summed E-state index contributed by atoms with van der Waals surface area (Å²) in [6.45, 7) is 0. The van der Waals surface area contributed by atoms with Gasteiger partial charge < -0.3 is 0 Å². The summed E-state index contributed by atoms with van der Waals surface area (Å²) in [5.74, 6) is 0. The Hall–Kier alpha value is 0.940. The van der Waals surface area contributed by atoms with Crippen molar-refractivity contribution in [3.05, 3.63) is 0 Å². The molecule has 66 valence electrons. The van der Waals surface area contributed by atoms with Crippen molar-refractivity contribution in [2.45, 2.75) is 15.3 Å². The van der Waals surface area contributed by atoms with Crippen LogP contribution in [0.1, 0.15) is 0 Å². The Labute approximate surface area is 80.2 Å². The second kappa shape index (κ2) is 2.47. The van der Waals surface area contributed by atoms with Crippen LogP contribution in [0.2, 0.25) is 0 Å². The summed E-state index contributed by atoms with van der Waals surface area (Å²) in [7, 11) is 0. The Kier molecular flexibility index (Phi) is 2.25. The molecule has 0 N–H and O–H groups in total. The second-order valence-corrected chi connectivity index (χ2v) is 4.22. The summed E-state index contributed by atoms with van der Waals surface area (Å²) >= 11 is 20.5. The summed E-state index contributed by atoms with van der Waals surface area (Å²) in [5.41, 5.74) is 0. The van der Waals surface area contributed by atoms with Crippen LogP contribution in [0.3, 0.4) is 0 Å². The average Bonchev–Trinajstić information content (AvgIpc) is 1.66. The Balaban J connectivity index is 2.89. The monoisotopic (exact) mass is 246 g/mol. The molecule has 0 spiro atoms. The van der Waals surface area contributed by atoms with Gasteiger partial charge in [-0.05, 0) is 0 Å². The van der Waals surface area contributed by atoms with Crippen molar-refractivity contribution in [3.63, 3.8) is 0 Å². The highest BCUT2D eigenvalue weighted by molar-refractivity contribution is 6.61. The molecule has 0 atom stereocenters. The van der Waals surface area contributed by atoms with Crippen molar-refractivity contribution in [1.29, 1.82) is 0 Å². The molecule has 0 unspecified atom stereocenters. The standard InChI is InChI=1S/C3Cl4F2O2/c4-1(5)2(6,7)11-3(8,9)10-1. The number of alkyl halides is 6. The van der Waals surface area contributed by atoms with E-state index in [1.807, 2.05) is 0 Å². The molecule has 1 saturated heterocycles. The largest absolute Gasteiger partial charge is 0.491 e. The molecule has 0 radical (unpaired) electrons. The topological polar surface area (TPSA) is 18.5 Å². The molecule has 0 aromatic rings. The van der Waals surface area contributed by atoms with Gasteiger partial charge in [0.15, 0.2) is 0 Å². The van der Waals surface area contributed by atoms with Gasteiger partial charge in [-0.2, -0.15) is 0 Å². The maximum atomic E-state index is 12.2. The van der Waals surface area contributed by atoms with Gasteiger partial charge in [-0.3, -0.25) is 9.47 Å². The fourth-order valence-electron chi connectivity index (χ4n) is 0.438. The minimum atomic E-state index is -3.97. The Bertz CT molecular complexity index is 164. The molecule has 11 heavy (non-hydrogen) atoms. The quantitative estimate of drug-likeness (QED) is 0.613. The third kappa shape index (κ3) is 1.82.